The molecule has 0 amide bonds. The van der Waals surface area contributed by atoms with Crippen molar-refractivity contribution in [2.75, 3.05) is 11.5 Å². The lowest BCUT2D eigenvalue weighted by molar-refractivity contribution is 0.470. The van der Waals surface area contributed by atoms with Gasteiger partial charge in [-0.3, -0.25) is 0 Å². The van der Waals surface area contributed by atoms with Gasteiger partial charge in [0, 0.05) is 0 Å². The molecule has 1 N–H and O–H groups in total. The van der Waals surface area contributed by atoms with Gasteiger partial charge in [0.15, 0.2) is 0 Å². The average molecular weight is 282 g/mol. The number of aryl methyl sites for hydroxylation is 1. The Morgan fingerprint density at radius 3 is 2.32 bits per heavy atom. The van der Waals surface area contributed by atoms with Crippen molar-refractivity contribution >= 4 is 10.9 Å². The molecule has 0 saturated carbocycles. The smallest absolute Gasteiger partial charge is 0.118 e. The summed E-state index contributed by atoms with van der Waals surface area (Å²) in [6.45, 7) is 6.56. The first-order valence-corrected chi connectivity index (χ1v) is 9.44. The van der Waals surface area contributed by atoms with Crippen LogP contribution in [0, 0.1) is 6.92 Å². The highest BCUT2D eigenvalue weighted by molar-refractivity contribution is 8.17. The standard InChI is InChI=1S/C17H30OS/c1-4-6-7-8-9-10-13-19(5-2)16-11-12-17(18)15(3)14-16/h11-12,14,18-19H,4-10,13H2,1-3H3. The first-order valence-electron chi connectivity index (χ1n) is 7.73. The van der Waals surface area contributed by atoms with E-state index in [1.54, 1.807) is 0 Å². The Morgan fingerprint density at radius 1 is 1.00 bits per heavy atom. The van der Waals surface area contributed by atoms with Crippen molar-refractivity contribution in [2.24, 2.45) is 0 Å². The SMILES string of the molecule is CCCCCCCC[SH](CC)c1ccc(O)c(C)c1. The van der Waals surface area contributed by atoms with Gasteiger partial charge in [0.25, 0.3) is 0 Å². The van der Waals surface area contributed by atoms with E-state index in [9.17, 15) is 5.11 Å². The Hall–Kier alpha value is -0.630. The zero-order chi connectivity index (χ0) is 14.1. The summed E-state index contributed by atoms with van der Waals surface area (Å²) in [5, 5.41) is 9.60. The summed E-state index contributed by atoms with van der Waals surface area (Å²) in [6, 6.07) is 6.16. The Bertz CT molecular complexity index is 362. The molecule has 1 nitrogen and oxygen atoms in total. The van der Waals surface area contributed by atoms with Crippen LogP contribution >= 0.6 is 10.9 Å². The molecule has 0 aliphatic heterocycles. The van der Waals surface area contributed by atoms with Crippen LogP contribution in [0.15, 0.2) is 23.1 Å². The van der Waals surface area contributed by atoms with E-state index in [1.807, 2.05) is 13.0 Å². The van der Waals surface area contributed by atoms with Crippen molar-refractivity contribution < 1.29 is 5.11 Å². The van der Waals surface area contributed by atoms with Crippen LogP contribution in [0.5, 0.6) is 5.75 Å². The number of hydrogen-bond acceptors (Lipinski definition) is 1. The summed E-state index contributed by atoms with van der Waals surface area (Å²) in [4.78, 5) is 1.46. The highest BCUT2D eigenvalue weighted by Crippen LogP contribution is 2.38. The van der Waals surface area contributed by atoms with E-state index in [-0.39, 0.29) is 10.9 Å². The third-order valence-corrected chi connectivity index (χ3v) is 6.34. The van der Waals surface area contributed by atoms with Crippen molar-refractivity contribution in [2.45, 2.75) is 64.2 Å². The molecular formula is C17H30OS. The van der Waals surface area contributed by atoms with Gasteiger partial charge in [-0.05, 0) is 53.5 Å². The van der Waals surface area contributed by atoms with Crippen LogP contribution in [-0.4, -0.2) is 16.6 Å². The van der Waals surface area contributed by atoms with Gasteiger partial charge < -0.3 is 5.11 Å². The average Bonchev–Trinajstić information content (AvgIpc) is 2.41. The maximum absolute atomic E-state index is 9.60. The molecule has 0 heterocycles. The predicted molar refractivity (Wildman–Crippen MR) is 88.9 cm³/mol. The van der Waals surface area contributed by atoms with Crippen LogP contribution in [0.2, 0.25) is 0 Å². The molecular weight excluding hydrogens is 252 g/mol. The molecule has 0 aromatic heterocycles. The fourth-order valence-electron chi connectivity index (χ4n) is 2.39. The van der Waals surface area contributed by atoms with Crippen molar-refractivity contribution in [3.8, 4) is 5.75 Å². The Kier molecular flexibility index (Phi) is 8.04. The van der Waals surface area contributed by atoms with Crippen LogP contribution in [0.25, 0.3) is 0 Å². The monoisotopic (exact) mass is 282 g/mol. The van der Waals surface area contributed by atoms with Crippen LogP contribution in [0.3, 0.4) is 0 Å². The normalized spacial score (nSPS) is 13.5. The highest BCUT2D eigenvalue weighted by atomic mass is 32.2. The van der Waals surface area contributed by atoms with E-state index in [1.165, 1.54) is 54.9 Å². The van der Waals surface area contributed by atoms with Crippen molar-refractivity contribution in [1.82, 2.24) is 0 Å². The number of phenols is 1. The second-order valence-electron chi connectivity index (χ2n) is 5.32. The van der Waals surface area contributed by atoms with E-state index < -0.39 is 0 Å². The lowest BCUT2D eigenvalue weighted by atomic mass is 10.1. The molecule has 1 rings (SSSR count). The minimum Gasteiger partial charge on any atom is -0.508 e. The summed E-state index contributed by atoms with van der Waals surface area (Å²) in [6.07, 6.45) is 8.27. The number of hydrogen-bond donors (Lipinski definition) is 2. The first-order chi connectivity index (χ1) is 9.19. The third kappa shape index (κ3) is 5.90. The lowest BCUT2D eigenvalue weighted by Gasteiger charge is -2.21. The summed E-state index contributed by atoms with van der Waals surface area (Å²) in [7, 11) is -0.0178. The Morgan fingerprint density at radius 2 is 1.68 bits per heavy atom. The number of benzene rings is 1. The number of phenolic OH excluding ortho intramolecular Hbond substituents is 1. The van der Waals surface area contributed by atoms with Crippen LogP contribution in [0.4, 0.5) is 0 Å². The third-order valence-electron chi connectivity index (χ3n) is 3.71. The van der Waals surface area contributed by atoms with Crippen molar-refractivity contribution in [1.29, 1.82) is 0 Å². The fraction of sp³-hybridized carbons (Fsp3) is 0.647. The van der Waals surface area contributed by atoms with E-state index in [0.29, 0.717) is 5.75 Å². The van der Waals surface area contributed by atoms with E-state index in [0.717, 1.165) is 5.56 Å². The van der Waals surface area contributed by atoms with Gasteiger partial charge in [0.2, 0.25) is 0 Å². The van der Waals surface area contributed by atoms with Gasteiger partial charge >= 0.3 is 0 Å². The molecule has 1 aromatic rings. The zero-order valence-corrected chi connectivity index (χ0v) is 13.7. The molecule has 0 fully saturated rings. The largest absolute Gasteiger partial charge is 0.508 e. The quantitative estimate of drug-likeness (QED) is 0.456. The van der Waals surface area contributed by atoms with Crippen LogP contribution in [-0.2, 0) is 0 Å². The zero-order valence-electron chi connectivity index (χ0n) is 12.8. The van der Waals surface area contributed by atoms with Gasteiger partial charge in [-0.2, -0.15) is 0 Å². The summed E-state index contributed by atoms with van der Waals surface area (Å²) in [5.74, 6) is 3.03. The van der Waals surface area contributed by atoms with Gasteiger partial charge in [-0.1, -0.05) is 46.0 Å². The number of rotatable bonds is 9. The highest BCUT2D eigenvalue weighted by Gasteiger charge is 2.06. The minimum atomic E-state index is -0.0178. The van der Waals surface area contributed by atoms with Gasteiger partial charge in [-0.25, -0.2) is 10.9 Å². The summed E-state index contributed by atoms with van der Waals surface area (Å²) < 4.78 is 0. The number of unbranched alkanes of at least 4 members (excludes halogenated alkanes) is 5. The van der Waals surface area contributed by atoms with Crippen LogP contribution in [0.1, 0.15) is 57.9 Å². The predicted octanol–water partition coefficient (Wildman–Crippen LogP) is 5.44. The number of aromatic hydroxyl groups is 1. The first kappa shape index (κ1) is 16.4. The second kappa shape index (κ2) is 9.30. The van der Waals surface area contributed by atoms with Crippen molar-refractivity contribution in [3.63, 3.8) is 0 Å². The topological polar surface area (TPSA) is 20.2 Å². The van der Waals surface area contributed by atoms with Crippen LogP contribution < -0.4 is 0 Å². The molecule has 110 valence electrons. The van der Waals surface area contributed by atoms with Gasteiger partial charge in [-0.15, -0.1) is 0 Å². The molecule has 0 spiro atoms. The molecule has 0 bridgehead atoms. The van der Waals surface area contributed by atoms with Gasteiger partial charge in [0.1, 0.15) is 5.75 Å². The van der Waals surface area contributed by atoms with E-state index in [2.05, 4.69) is 26.0 Å². The summed E-state index contributed by atoms with van der Waals surface area (Å²) >= 11 is 0. The maximum Gasteiger partial charge on any atom is 0.118 e. The molecule has 0 saturated heterocycles. The molecule has 1 unspecified atom stereocenters. The second-order valence-corrected chi connectivity index (χ2v) is 7.99. The van der Waals surface area contributed by atoms with Gasteiger partial charge in [0.05, 0.1) is 0 Å². The Balaban J connectivity index is 2.38. The fourth-order valence-corrected chi connectivity index (χ4v) is 4.60. The van der Waals surface area contributed by atoms with E-state index in [4.69, 9.17) is 0 Å². The molecule has 0 aliphatic carbocycles. The Labute approximate surface area is 121 Å². The van der Waals surface area contributed by atoms with Crippen molar-refractivity contribution in [3.05, 3.63) is 23.8 Å². The molecule has 1 aromatic carbocycles. The molecule has 0 aliphatic rings. The molecule has 1 atom stereocenters. The molecule has 19 heavy (non-hydrogen) atoms. The molecule has 0 radical (unpaired) electrons. The summed E-state index contributed by atoms with van der Waals surface area (Å²) in [5.41, 5.74) is 1.02. The maximum atomic E-state index is 9.60. The number of thiol groups is 1. The molecule has 2 heteroatoms. The minimum absolute atomic E-state index is 0.0178. The van der Waals surface area contributed by atoms with E-state index >= 15 is 0 Å². The lowest BCUT2D eigenvalue weighted by Crippen LogP contribution is -1.94.